The van der Waals surface area contributed by atoms with Crippen molar-refractivity contribution in [1.82, 2.24) is 10.4 Å². The molecule has 1 aromatic rings. The third-order valence-electron chi connectivity index (χ3n) is 2.72. The Bertz CT molecular complexity index is 470. The molecule has 94 valence electrons. The SMILES string of the molecule is O=C1CCC(=O)N(NC(=O)Cc2ccccc2)C1. The summed E-state index contributed by atoms with van der Waals surface area (Å²) >= 11 is 0. The first-order chi connectivity index (χ1) is 8.65. The topological polar surface area (TPSA) is 66.5 Å². The van der Waals surface area contributed by atoms with Crippen LogP contribution in [-0.2, 0) is 20.8 Å². The van der Waals surface area contributed by atoms with Gasteiger partial charge in [0.05, 0.1) is 6.42 Å². The fourth-order valence-electron chi connectivity index (χ4n) is 1.80. The molecule has 1 heterocycles. The average Bonchev–Trinajstić information content (AvgIpc) is 2.35. The molecule has 0 aromatic heterocycles. The summed E-state index contributed by atoms with van der Waals surface area (Å²) < 4.78 is 0. The van der Waals surface area contributed by atoms with Crippen LogP contribution >= 0.6 is 0 Å². The molecule has 5 heteroatoms. The zero-order chi connectivity index (χ0) is 13.0. The number of hydrogen-bond donors (Lipinski definition) is 1. The van der Waals surface area contributed by atoms with Crippen LogP contribution in [0.4, 0.5) is 0 Å². The van der Waals surface area contributed by atoms with Gasteiger partial charge in [0, 0.05) is 12.8 Å². The molecule has 0 bridgehead atoms. The molecule has 0 spiro atoms. The monoisotopic (exact) mass is 246 g/mol. The van der Waals surface area contributed by atoms with Crippen LogP contribution in [0.5, 0.6) is 0 Å². The van der Waals surface area contributed by atoms with E-state index in [4.69, 9.17) is 0 Å². The molecule has 1 aliphatic heterocycles. The van der Waals surface area contributed by atoms with Gasteiger partial charge in [-0.25, -0.2) is 5.01 Å². The van der Waals surface area contributed by atoms with Gasteiger partial charge in [-0.2, -0.15) is 0 Å². The van der Waals surface area contributed by atoms with Crippen molar-refractivity contribution >= 4 is 17.6 Å². The van der Waals surface area contributed by atoms with Gasteiger partial charge in [-0.1, -0.05) is 30.3 Å². The number of rotatable bonds is 3. The second-order valence-corrected chi connectivity index (χ2v) is 4.22. The Morgan fingerprint density at radius 2 is 1.89 bits per heavy atom. The molecule has 18 heavy (non-hydrogen) atoms. The Balaban J connectivity index is 1.91. The summed E-state index contributed by atoms with van der Waals surface area (Å²) in [5.41, 5.74) is 3.34. The van der Waals surface area contributed by atoms with Gasteiger partial charge in [-0.15, -0.1) is 0 Å². The van der Waals surface area contributed by atoms with Gasteiger partial charge in [0.1, 0.15) is 6.54 Å². The quantitative estimate of drug-likeness (QED) is 0.842. The molecule has 0 unspecified atom stereocenters. The standard InChI is InChI=1S/C13H14N2O3/c16-11-6-7-13(18)15(9-11)14-12(17)8-10-4-2-1-3-5-10/h1-5H,6-9H2,(H,14,17). The van der Waals surface area contributed by atoms with E-state index in [1.54, 1.807) is 0 Å². The van der Waals surface area contributed by atoms with Gasteiger partial charge in [0.2, 0.25) is 11.8 Å². The number of carbonyl (C=O) groups is 3. The number of nitrogens with zero attached hydrogens (tertiary/aromatic N) is 1. The van der Waals surface area contributed by atoms with Crippen molar-refractivity contribution in [2.75, 3.05) is 6.54 Å². The van der Waals surface area contributed by atoms with Gasteiger partial charge in [-0.05, 0) is 5.56 Å². The molecule has 0 atom stereocenters. The predicted octanol–water partition coefficient (Wildman–Crippen LogP) is 0.452. The van der Waals surface area contributed by atoms with Crippen LogP contribution in [0.2, 0.25) is 0 Å². The van der Waals surface area contributed by atoms with Crippen LogP contribution in [0, 0.1) is 0 Å². The van der Waals surface area contributed by atoms with E-state index < -0.39 is 0 Å². The maximum Gasteiger partial charge on any atom is 0.243 e. The van der Waals surface area contributed by atoms with Gasteiger partial charge in [-0.3, -0.25) is 19.8 Å². The Morgan fingerprint density at radius 1 is 1.17 bits per heavy atom. The summed E-state index contributed by atoms with van der Waals surface area (Å²) in [5, 5.41) is 1.11. The van der Waals surface area contributed by atoms with Crippen molar-refractivity contribution < 1.29 is 14.4 Å². The number of nitrogens with one attached hydrogen (secondary N) is 1. The van der Waals surface area contributed by atoms with E-state index in [1.165, 1.54) is 0 Å². The van der Waals surface area contributed by atoms with Crippen LogP contribution in [0.1, 0.15) is 18.4 Å². The molecule has 2 rings (SSSR count). The highest BCUT2D eigenvalue weighted by atomic mass is 16.2. The van der Waals surface area contributed by atoms with E-state index in [-0.39, 0.29) is 43.4 Å². The van der Waals surface area contributed by atoms with E-state index in [1.807, 2.05) is 30.3 Å². The van der Waals surface area contributed by atoms with Crippen LogP contribution in [-0.4, -0.2) is 29.2 Å². The molecule has 1 saturated heterocycles. The highest BCUT2D eigenvalue weighted by Gasteiger charge is 2.24. The number of hydrazine groups is 1. The minimum atomic E-state index is -0.288. The Kier molecular flexibility index (Phi) is 3.72. The number of carbonyl (C=O) groups excluding carboxylic acids is 3. The first-order valence-electron chi connectivity index (χ1n) is 5.80. The molecule has 0 radical (unpaired) electrons. The second-order valence-electron chi connectivity index (χ2n) is 4.22. The van der Waals surface area contributed by atoms with Gasteiger partial charge < -0.3 is 0 Å². The molecular weight excluding hydrogens is 232 g/mol. The van der Waals surface area contributed by atoms with Gasteiger partial charge >= 0.3 is 0 Å². The number of ketones is 1. The summed E-state index contributed by atoms with van der Waals surface area (Å²) in [7, 11) is 0. The third-order valence-corrected chi connectivity index (χ3v) is 2.72. The van der Waals surface area contributed by atoms with Crippen LogP contribution < -0.4 is 5.43 Å². The van der Waals surface area contributed by atoms with E-state index in [2.05, 4.69) is 5.43 Å². The summed E-state index contributed by atoms with van der Waals surface area (Å²) in [6, 6.07) is 9.23. The van der Waals surface area contributed by atoms with Crippen molar-refractivity contribution in [3.8, 4) is 0 Å². The Labute approximate surface area is 105 Å². The Morgan fingerprint density at radius 3 is 2.61 bits per heavy atom. The van der Waals surface area contributed by atoms with E-state index in [0.29, 0.717) is 0 Å². The van der Waals surface area contributed by atoms with Crippen molar-refractivity contribution in [2.45, 2.75) is 19.3 Å². The molecule has 0 saturated carbocycles. The highest BCUT2D eigenvalue weighted by molar-refractivity contribution is 5.94. The van der Waals surface area contributed by atoms with Crippen LogP contribution in [0.3, 0.4) is 0 Å². The number of amides is 2. The minimum Gasteiger partial charge on any atom is -0.298 e. The van der Waals surface area contributed by atoms with Gasteiger partial charge in [0.25, 0.3) is 0 Å². The Hall–Kier alpha value is -2.17. The molecule has 2 amide bonds. The van der Waals surface area contributed by atoms with Crippen molar-refractivity contribution in [3.63, 3.8) is 0 Å². The maximum atomic E-state index is 11.7. The maximum absolute atomic E-state index is 11.7. The van der Waals surface area contributed by atoms with Crippen LogP contribution in [0.25, 0.3) is 0 Å². The number of piperidine rings is 1. The zero-order valence-corrected chi connectivity index (χ0v) is 9.89. The molecule has 0 aliphatic carbocycles. The lowest BCUT2D eigenvalue weighted by molar-refractivity contribution is -0.147. The number of hydrogen-bond acceptors (Lipinski definition) is 3. The average molecular weight is 246 g/mol. The molecule has 1 N–H and O–H groups in total. The lowest BCUT2D eigenvalue weighted by Crippen LogP contribution is -2.51. The first-order valence-corrected chi connectivity index (χ1v) is 5.80. The molecule has 1 aromatic carbocycles. The molecule has 1 fully saturated rings. The fourth-order valence-corrected chi connectivity index (χ4v) is 1.80. The second kappa shape index (κ2) is 5.44. The zero-order valence-electron chi connectivity index (χ0n) is 9.89. The normalized spacial score (nSPS) is 15.7. The van der Waals surface area contributed by atoms with E-state index in [0.717, 1.165) is 10.6 Å². The fraction of sp³-hybridized carbons (Fsp3) is 0.308. The highest BCUT2D eigenvalue weighted by Crippen LogP contribution is 2.06. The minimum absolute atomic E-state index is 0.0284. The van der Waals surface area contributed by atoms with E-state index in [9.17, 15) is 14.4 Å². The summed E-state index contributed by atoms with van der Waals surface area (Å²) in [5.74, 6) is -0.533. The predicted molar refractivity (Wildman–Crippen MR) is 64.2 cm³/mol. The van der Waals surface area contributed by atoms with Crippen LogP contribution in [0.15, 0.2) is 30.3 Å². The number of Topliss-reactive ketones (excluding diaryl/α,β-unsaturated/α-hetero) is 1. The lowest BCUT2D eigenvalue weighted by Gasteiger charge is -2.26. The largest absolute Gasteiger partial charge is 0.298 e. The first kappa shape index (κ1) is 12.3. The third kappa shape index (κ3) is 3.16. The van der Waals surface area contributed by atoms with Gasteiger partial charge in [0.15, 0.2) is 5.78 Å². The molecular formula is C13H14N2O3. The van der Waals surface area contributed by atoms with Crippen molar-refractivity contribution in [2.24, 2.45) is 0 Å². The summed E-state index contributed by atoms with van der Waals surface area (Å²) in [4.78, 5) is 34.4. The van der Waals surface area contributed by atoms with E-state index >= 15 is 0 Å². The molecule has 5 nitrogen and oxygen atoms in total. The lowest BCUT2D eigenvalue weighted by atomic mass is 10.1. The van der Waals surface area contributed by atoms with Crippen molar-refractivity contribution in [1.29, 1.82) is 0 Å². The smallest absolute Gasteiger partial charge is 0.243 e. The molecule has 1 aliphatic rings. The summed E-state index contributed by atoms with van der Waals surface area (Å²) in [6.45, 7) is -0.0284. The van der Waals surface area contributed by atoms with Crippen molar-refractivity contribution in [3.05, 3.63) is 35.9 Å². The number of benzene rings is 1. The summed E-state index contributed by atoms with van der Waals surface area (Å²) in [6.07, 6.45) is 0.632.